The SMILES string of the molecule is NCc1ccc(S(=O)(=O)NCC2CCSC2)cc1. The van der Waals surface area contributed by atoms with Gasteiger partial charge in [-0.25, -0.2) is 13.1 Å². The van der Waals surface area contributed by atoms with Gasteiger partial charge in [0.25, 0.3) is 0 Å². The third kappa shape index (κ3) is 3.47. The van der Waals surface area contributed by atoms with E-state index < -0.39 is 10.0 Å². The van der Waals surface area contributed by atoms with Gasteiger partial charge in [0.1, 0.15) is 0 Å². The molecule has 0 radical (unpaired) electrons. The van der Waals surface area contributed by atoms with E-state index in [0.717, 1.165) is 23.5 Å². The highest BCUT2D eigenvalue weighted by molar-refractivity contribution is 7.99. The molecule has 1 aromatic carbocycles. The van der Waals surface area contributed by atoms with Crippen LogP contribution in [0, 0.1) is 5.92 Å². The summed E-state index contributed by atoms with van der Waals surface area (Å²) in [7, 11) is -3.37. The number of sulfonamides is 1. The molecule has 6 heteroatoms. The maximum atomic E-state index is 12.0. The third-order valence-electron chi connectivity index (χ3n) is 3.06. The smallest absolute Gasteiger partial charge is 0.240 e. The van der Waals surface area contributed by atoms with Crippen LogP contribution in [0.2, 0.25) is 0 Å². The van der Waals surface area contributed by atoms with Crippen molar-refractivity contribution in [2.24, 2.45) is 11.7 Å². The molecule has 0 amide bonds. The van der Waals surface area contributed by atoms with Crippen molar-refractivity contribution in [1.29, 1.82) is 0 Å². The Bertz CT molecular complexity index is 479. The molecule has 1 aliphatic rings. The lowest BCUT2D eigenvalue weighted by atomic mass is 10.1. The van der Waals surface area contributed by atoms with Crippen LogP contribution in [0.25, 0.3) is 0 Å². The van der Waals surface area contributed by atoms with E-state index in [2.05, 4.69) is 4.72 Å². The van der Waals surface area contributed by atoms with Crippen LogP contribution in [0.1, 0.15) is 12.0 Å². The first-order valence-corrected chi connectivity index (χ1v) is 8.62. The van der Waals surface area contributed by atoms with Gasteiger partial charge in [0, 0.05) is 13.1 Å². The molecule has 1 saturated heterocycles. The summed E-state index contributed by atoms with van der Waals surface area (Å²) in [5.41, 5.74) is 6.41. The normalized spacial score (nSPS) is 20.2. The minimum absolute atomic E-state index is 0.311. The van der Waals surface area contributed by atoms with Crippen molar-refractivity contribution in [3.05, 3.63) is 29.8 Å². The Hall–Kier alpha value is -0.560. The average molecular weight is 286 g/mol. The standard InChI is InChI=1S/C12H18N2O2S2/c13-7-10-1-3-12(4-2-10)18(15,16)14-8-11-5-6-17-9-11/h1-4,11,14H,5-9,13H2. The van der Waals surface area contributed by atoms with E-state index in [0.29, 0.717) is 23.9 Å². The van der Waals surface area contributed by atoms with E-state index >= 15 is 0 Å². The number of hydrogen-bond acceptors (Lipinski definition) is 4. The molecule has 0 aliphatic carbocycles. The molecular weight excluding hydrogens is 268 g/mol. The molecule has 1 heterocycles. The summed E-state index contributed by atoms with van der Waals surface area (Å²) in [6.07, 6.45) is 1.10. The molecule has 1 unspecified atom stereocenters. The molecule has 1 aliphatic heterocycles. The summed E-state index contributed by atoms with van der Waals surface area (Å²) < 4.78 is 26.8. The van der Waals surface area contributed by atoms with Crippen LogP contribution in [0.5, 0.6) is 0 Å². The van der Waals surface area contributed by atoms with Gasteiger partial charge >= 0.3 is 0 Å². The molecule has 1 atom stereocenters. The van der Waals surface area contributed by atoms with Gasteiger partial charge < -0.3 is 5.73 Å². The quantitative estimate of drug-likeness (QED) is 0.852. The third-order valence-corrected chi connectivity index (χ3v) is 5.73. The zero-order valence-electron chi connectivity index (χ0n) is 10.1. The van der Waals surface area contributed by atoms with Gasteiger partial charge in [0.05, 0.1) is 4.90 Å². The summed E-state index contributed by atoms with van der Waals surface area (Å²) >= 11 is 1.88. The Morgan fingerprint density at radius 1 is 1.33 bits per heavy atom. The zero-order chi connectivity index (χ0) is 13.0. The first kappa shape index (κ1) is 13.9. The van der Waals surface area contributed by atoms with Crippen molar-refractivity contribution in [2.75, 3.05) is 18.1 Å². The minimum Gasteiger partial charge on any atom is -0.326 e. The maximum absolute atomic E-state index is 12.0. The Kier molecular flexibility index (Phi) is 4.66. The molecule has 2 rings (SSSR count). The number of nitrogens with two attached hydrogens (primary N) is 1. The Morgan fingerprint density at radius 2 is 2.06 bits per heavy atom. The minimum atomic E-state index is -3.37. The van der Waals surface area contributed by atoms with Crippen LogP contribution in [-0.4, -0.2) is 26.5 Å². The summed E-state index contributed by atoms with van der Waals surface area (Å²) in [6.45, 7) is 0.959. The van der Waals surface area contributed by atoms with Crippen LogP contribution in [0.3, 0.4) is 0 Å². The zero-order valence-corrected chi connectivity index (χ0v) is 11.8. The fourth-order valence-corrected chi connectivity index (χ4v) is 4.26. The van der Waals surface area contributed by atoms with Crippen molar-refractivity contribution in [3.63, 3.8) is 0 Å². The lowest BCUT2D eigenvalue weighted by Gasteiger charge is -2.11. The molecule has 4 nitrogen and oxygen atoms in total. The second kappa shape index (κ2) is 6.06. The van der Waals surface area contributed by atoms with E-state index in [1.165, 1.54) is 0 Å². The lowest BCUT2D eigenvalue weighted by molar-refractivity contribution is 0.546. The molecule has 1 aromatic rings. The van der Waals surface area contributed by atoms with Crippen LogP contribution >= 0.6 is 11.8 Å². The predicted octanol–water partition coefficient (Wildman–Crippen LogP) is 1.18. The van der Waals surface area contributed by atoms with Gasteiger partial charge in [-0.15, -0.1) is 0 Å². The van der Waals surface area contributed by atoms with Gasteiger partial charge in [-0.1, -0.05) is 12.1 Å². The molecule has 100 valence electrons. The van der Waals surface area contributed by atoms with E-state index in [1.807, 2.05) is 11.8 Å². The molecule has 18 heavy (non-hydrogen) atoms. The van der Waals surface area contributed by atoms with Crippen LogP contribution in [0.4, 0.5) is 0 Å². The highest BCUT2D eigenvalue weighted by atomic mass is 32.2. The number of rotatable bonds is 5. The Balaban J connectivity index is 2.00. The molecule has 3 N–H and O–H groups in total. The lowest BCUT2D eigenvalue weighted by Crippen LogP contribution is -2.29. The fourth-order valence-electron chi connectivity index (χ4n) is 1.86. The van der Waals surface area contributed by atoms with Gasteiger partial charge in [0.15, 0.2) is 0 Å². The van der Waals surface area contributed by atoms with E-state index in [1.54, 1.807) is 24.3 Å². The maximum Gasteiger partial charge on any atom is 0.240 e. The van der Waals surface area contributed by atoms with Gasteiger partial charge in [-0.3, -0.25) is 0 Å². The van der Waals surface area contributed by atoms with Gasteiger partial charge in [-0.2, -0.15) is 11.8 Å². The Labute approximate surface area is 112 Å². The van der Waals surface area contributed by atoms with Crippen LogP contribution < -0.4 is 10.5 Å². The summed E-state index contributed by atoms with van der Waals surface area (Å²) in [5, 5.41) is 0. The molecule has 0 bridgehead atoms. The number of hydrogen-bond donors (Lipinski definition) is 2. The molecular formula is C12H18N2O2S2. The van der Waals surface area contributed by atoms with Crippen LogP contribution in [-0.2, 0) is 16.6 Å². The van der Waals surface area contributed by atoms with Gasteiger partial charge in [0.2, 0.25) is 10.0 Å². The highest BCUT2D eigenvalue weighted by Crippen LogP contribution is 2.23. The number of benzene rings is 1. The average Bonchev–Trinajstić information content (AvgIpc) is 2.90. The van der Waals surface area contributed by atoms with Crippen molar-refractivity contribution in [1.82, 2.24) is 4.72 Å². The Morgan fingerprint density at radius 3 is 2.61 bits per heavy atom. The first-order chi connectivity index (χ1) is 8.62. The highest BCUT2D eigenvalue weighted by Gasteiger charge is 2.19. The topological polar surface area (TPSA) is 72.2 Å². The largest absolute Gasteiger partial charge is 0.326 e. The van der Waals surface area contributed by atoms with Crippen molar-refractivity contribution < 1.29 is 8.42 Å². The monoisotopic (exact) mass is 286 g/mol. The van der Waals surface area contributed by atoms with Crippen molar-refractivity contribution >= 4 is 21.8 Å². The second-order valence-corrected chi connectivity index (χ2v) is 7.35. The second-order valence-electron chi connectivity index (χ2n) is 4.43. The van der Waals surface area contributed by atoms with Crippen LogP contribution in [0.15, 0.2) is 29.2 Å². The number of nitrogens with one attached hydrogen (secondary N) is 1. The van der Waals surface area contributed by atoms with E-state index in [-0.39, 0.29) is 0 Å². The number of thioether (sulfide) groups is 1. The van der Waals surface area contributed by atoms with E-state index in [4.69, 9.17) is 5.73 Å². The van der Waals surface area contributed by atoms with E-state index in [9.17, 15) is 8.42 Å². The summed E-state index contributed by atoms with van der Waals surface area (Å²) in [5.74, 6) is 2.65. The van der Waals surface area contributed by atoms with Crippen molar-refractivity contribution in [2.45, 2.75) is 17.9 Å². The molecule has 0 aromatic heterocycles. The summed E-state index contributed by atoms with van der Waals surface area (Å²) in [6, 6.07) is 6.71. The van der Waals surface area contributed by atoms with Crippen molar-refractivity contribution in [3.8, 4) is 0 Å². The predicted molar refractivity (Wildman–Crippen MR) is 75.0 cm³/mol. The van der Waals surface area contributed by atoms with Gasteiger partial charge in [-0.05, 0) is 41.5 Å². The molecule has 0 saturated carbocycles. The fraction of sp³-hybridized carbons (Fsp3) is 0.500. The first-order valence-electron chi connectivity index (χ1n) is 5.98. The molecule has 0 spiro atoms. The molecule has 1 fully saturated rings. The summed E-state index contributed by atoms with van der Waals surface area (Å²) in [4.78, 5) is 0.311.